The average Bonchev–Trinajstić information content (AvgIpc) is 3.00. The number of nitrogen functional groups attached to an aromatic ring is 1. The van der Waals surface area contributed by atoms with E-state index in [2.05, 4.69) is 20.9 Å². The van der Waals surface area contributed by atoms with Gasteiger partial charge in [0, 0.05) is 36.3 Å². The number of ketones is 1. The number of benzene rings is 2. The zero-order valence-electron chi connectivity index (χ0n) is 15.4. The highest BCUT2D eigenvalue weighted by molar-refractivity contribution is 6.23. The van der Waals surface area contributed by atoms with E-state index in [0.717, 1.165) is 49.5 Å². The lowest BCUT2D eigenvalue weighted by atomic mass is 10.0. The third-order valence-corrected chi connectivity index (χ3v) is 5.29. The Morgan fingerprint density at radius 2 is 1.71 bits per heavy atom. The van der Waals surface area contributed by atoms with Gasteiger partial charge in [0.2, 0.25) is 5.95 Å². The minimum atomic E-state index is -0.0400. The first-order chi connectivity index (χ1) is 13.7. The van der Waals surface area contributed by atoms with Crippen LogP contribution in [0.25, 0.3) is 22.5 Å². The Labute approximate surface area is 163 Å². The molecule has 6 heteroatoms. The van der Waals surface area contributed by atoms with E-state index < -0.39 is 0 Å². The van der Waals surface area contributed by atoms with E-state index in [1.165, 1.54) is 0 Å². The molecule has 0 radical (unpaired) electrons. The van der Waals surface area contributed by atoms with Gasteiger partial charge in [-0.2, -0.15) is 0 Å². The number of anilines is 1. The summed E-state index contributed by atoms with van der Waals surface area (Å²) in [5.41, 5.74) is 11.3. The fourth-order valence-corrected chi connectivity index (χ4v) is 3.93. The second-order valence-electron chi connectivity index (χ2n) is 7.12. The number of morpholine rings is 1. The summed E-state index contributed by atoms with van der Waals surface area (Å²) in [5.74, 6) is 0.138. The van der Waals surface area contributed by atoms with Crippen molar-refractivity contribution in [1.29, 1.82) is 0 Å². The normalized spacial score (nSPS) is 16.1. The smallest absolute Gasteiger partial charge is 0.221 e. The van der Waals surface area contributed by atoms with Gasteiger partial charge in [-0.05, 0) is 11.6 Å². The Morgan fingerprint density at radius 1 is 0.964 bits per heavy atom. The third-order valence-electron chi connectivity index (χ3n) is 5.29. The van der Waals surface area contributed by atoms with E-state index >= 15 is 0 Å². The summed E-state index contributed by atoms with van der Waals surface area (Å²) in [4.78, 5) is 24.3. The standard InChI is InChI=1S/C22H20N4O2/c23-22-24-19(15-4-2-1-3-5-15)18-20(25-22)17-12-14(6-7-16(17)21(18)27)13-26-8-10-28-11-9-26/h1-7,12H,8-11,13H2,(H2,23,24,25). The maximum Gasteiger partial charge on any atom is 0.221 e. The van der Waals surface area contributed by atoms with Crippen molar-refractivity contribution in [3.8, 4) is 22.5 Å². The summed E-state index contributed by atoms with van der Waals surface area (Å²) in [7, 11) is 0. The van der Waals surface area contributed by atoms with Gasteiger partial charge in [-0.15, -0.1) is 0 Å². The Bertz CT molecular complexity index is 1060. The minimum Gasteiger partial charge on any atom is -0.379 e. The molecule has 0 amide bonds. The summed E-state index contributed by atoms with van der Waals surface area (Å²) >= 11 is 0. The number of hydrogen-bond donors (Lipinski definition) is 1. The van der Waals surface area contributed by atoms with Gasteiger partial charge in [-0.25, -0.2) is 9.97 Å². The lowest BCUT2D eigenvalue weighted by Gasteiger charge is -2.26. The van der Waals surface area contributed by atoms with E-state index in [0.29, 0.717) is 22.5 Å². The molecule has 0 unspecified atom stereocenters. The zero-order valence-corrected chi connectivity index (χ0v) is 15.4. The molecule has 0 saturated carbocycles. The molecule has 0 atom stereocenters. The molecule has 2 aliphatic rings. The Balaban J connectivity index is 1.59. The molecule has 2 aromatic carbocycles. The molecule has 1 aliphatic carbocycles. The van der Waals surface area contributed by atoms with E-state index in [4.69, 9.17) is 10.5 Å². The number of fused-ring (bicyclic) bond motifs is 3. The first kappa shape index (κ1) is 17.0. The van der Waals surface area contributed by atoms with Gasteiger partial charge in [-0.3, -0.25) is 9.69 Å². The van der Waals surface area contributed by atoms with Crippen molar-refractivity contribution in [2.24, 2.45) is 0 Å². The molecule has 1 saturated heterocycles. The van der Waals surface area contributed by atoms with Crippen molar-refractivity contribution in [2.45, 2.75) is 6.54 Å². The van der Waals surface area contributed by atoms with Crippen molar-refractivity contribution in [1.82, 2.24) is 14.9 Å². The minimum absolute atomic E-state index is 0.0400. The van der Waals surface area contributed by atoms with Gasteiger partial charge in [0.25, 0.3) is 0 Å². The van der Waals surface area contributed by atoms with Crippen LogP contribution in [0.4, 0.5) is 5.95 Å². The van der Waals surface area contributed by atoms with Crippen LogP contribution in [0.3, 0.4) is 0 Å². The van der Waals surface area contributed by atoms with Gasteiger partial charge in [0.05, 0.1) is 30.2 Å². The molecule has 1 aliphatic heterocycles. The maximum absolute atomic E-state index is 13.1. The van der Waals surface area contributed by atoms with Gasteiger partial charge < -0.3 is 10.5 Å². The molecule has 1 aromatic heterocycles. The molecule has 0 bridgehead atoms. The predicted octanol–water partition coefficient (Wildman–Crippen LogP) is 2.77. The van der Waals surface area contributed by atoms with Crippen LogP contribution in [-0.2, 0) is 11.3 Å². The van der Waals surface area contributed by atoms with Crippen LogP contribution in [0.5, 0.6) is 0 Å². The molecule has 28 heavy (non-hydrogen) atoms. The van der Waals surface area contributed by atoms with Crippen LogP contribution < -0.4 is 5.73 Å². The lowest BCUT2D eigenvalue weighted by molar-refractivity contribution is 0.0342. The molecule has 3 aromatic rings. The summed E-state index contributed by atoms with van der Waals surface area (Å²) in [5, 5.41) is 0. The largest absolute Gasteiger partial charge is 0.379 e. The zero-order chi connectivity index (χ0) is 19.1. The molecule has 140 valence electrons. The second-order valence-corrected chi connectivity index (χ2v) is 7.12. The predicted molar refractivity (Wildman–Crippen MR) is 107 cm³/mol. The van der Waals surface area contributed by atoms with E-state index in [1.54, 1.807) is 0 Å². The van der Waals surface area contributed by atoms with Crippen LogP contribution in [-0.4, -0.2) is 47.0 Å². The number of nitrogens with zero attached hydrogens (tertiary/aromatic N) is 3. The molecular formula is C22H20N4O2. The maximum atomic E-state index is 13.1. The van der Waals surface area contributed by atoms with Crippen molar-refractivity contribution in [3.05, 3.63) is 65.2 Å². The van der Waals surface area contributed by atoms with Crippen molar-refractivity contribution in [2.75, 3.05) is 32.0 Å². The van der Waals surface area contributed by atoms with Crippen LogP contribution in [0.2, 0.25) is 0 Å². The molecule has 2 N–H and O–H groups in total. The highest BCUT2D eigenvalue weighted by Crippen LogP contribution is 2.40. The first-order valence-electron chi connectivity index (χ1n) is 9.42. The highest BCUT2D eigenvalue weighted by atomic mass is 16.5. The molecule has 2 heterocycles. The lowest BCUT2D eigenvalue weighted by Crippen LogP contribution is -2.35. The summed E-state index contributed by atoms with van der Waals surface area (Å²) < 4.78 is 5.42. The molecule has 0 spiro atoms. The summed E-state index contributed by atoms with van der Waals surface area (Å²) in [6.45, 7) is 4.18. The number of rotatable bonds is 3. The molecule has 1 fully saturated rings. The SMILES string of the molecule is Nc1nc(-c2ccccc2)c2c(n1)-c1cc(CN3CCOCC3)ccc1C2=O. The summed E-state index contributed by atoms with van der Waals surface area (Å²) in [6.07, 6.45) is 0. The third kappa shape index (κ3) is 2.87. The topological polar surface area (TPSA) is 81.3 Å². The average molecular weight is 372 g/mol. The van der Waals surface area contributed by atoms with Gasteiger partial charge >= 0.3 is 0 Å². The van der Waals surface area contributed by atoms with E-state index in [1.807, 2.05) is 42.5 Å². The summed E-state index contributed by atoms with van der Waals surface area (Å²) in [6, 6.07) is 15.6. The number of aromatic nitrogens is 2. The monoisotopic (exact) mass is 372 g/mol. The molecular weight excluding hydrogens is 352 g/mol. The fraction of sp³-hybridized carbons (Fsp3) is 0.227. The van der Waals surface area contributed by atoms with E-state index in [-0.39, 0.29) is 11.7 Å². The molecule has 6 nitrogen and oxygen atoms in total. The van der Waals surface area contributed by atoms with Crippen molar-refractivity contribution >= 4 is 11.7 Å². The van der Waals surface area contributed by atoms with Gasteiger partial charge in [-0.1, -0.05) is 42.5 Å². The number of nitrogens with two attached hydrogens (primary N) is 1. The second kappa shape index (κ2) is 6.82. The first-order valence-corrected chi connectivity index (χ1v) is 9.42. The Kier molecular flexibility index (Phi) is 4.15. The fourth-order valence-electron chi connectivity index (χ4n) is 3.93. The van der Waals surface area contributed by atoms with Crippen LogP contribution in [0.15, 0.2) is 48.5 Å². The Hall–Kier alpha value is -3.09. The van der Waals surface area contributed by atoms with Crippen molar-refractivity contribution < 1.29 is 9.53 Å². The van der Waals surface area contributed by atoms with Gasteiger partial charge in [0.1, 0.15) is 0 Å². The van der Waals surface area contributed by atoms with Crippen molar-refractivity contribution in [3.63, 3.8) is 0 Å². The number of ether oxygens (including phenoxy) is 1. The van der Waals surface area contributed by atoms with Crippen LogP contribution in [0, 0.1) is 0 Å². The van der Waals surface area contributed by atoms with Gasteiger partial charge in [0.15, 0.2) is 5.78 Å². The van der Waals surface area contributed by atoms with Crippen LogP contribution >= 0.6 is 0 Å². The van der Waals surface area contributed by atoms with Crippen LogP contribution in [0.1, 0.15) is 21.5 Å². The van der Waals surface area contributed by atoms with E-state index in [9.17, 15) is 4.79 Å². The number of hydrogen-bond acceptors (Lipinski definition) is 6. The number of carbonyl (C=O) groups excluding carboxylic acids is 1. The molecule has 5 rings (SSSR count). The Morgan fingerprint density at radius 3 is 2.50 bits per heavy atom. The quantitative estimate of drug-likeness (QED) is 0.596. The highest BCUT2D eigenvalue weighted by Gasteiger charge is 2.32. The number of carbonyl (C=O) groups is 1.